The molecule has 2 atom stereocenters. The largest absolute Gasteiger partial charge is 0.466 e. The van der Waals surface area contributed by atoms with Crippen LogP contribution in [0, 0.1) is 17.3 Å². The van der Waals surface area contributed by atoms with E-state index in [2.05, 4.69) is 27.7 Å². The molecule has 0 saturated carbocycles. The molecule has 116 valence electrons. The van der Waals surface area contributed by atoms with Gasteiger partial charge in [-0.15, -0.1) is 0 Å². The molecule has 20 heavy (non-hydrogen) atoms. The van der Waals surface area contributed by atoms with Crippen LogP contribution < -0.4 is 0 Å². The van der Waals surface area contributed by atoms with Crippen molar-refractivity contribution >= 4 is 11.9 Å². The first-order valence-electron chi connectivity index (χ1n) is 7.70. The summed E-state index contributed by atoms with van der Waals surface area (Å²) in [6.07, 6.45) is 2.27. The van der Waals surface area contributed by atoms with Crippen LogP contribution in [0.4, 0.5) is 0 Å². The molecule has 1 heterocycles. The Morgan fingerprint density at radius 1 is 1.35 bits per heavy atom. The topological polar surface area (TPSA) is 46.6 Å². The zero-order valence-corrected chi connectivity index (χ0v) is 13.6. The van der Waals surface area contributed by atoms with Crippen molar-refractivity contribution in [2.45, 2.75) is 53.9 Å². The molecule has 1 aliphatic heterocycles. The quantitative estimate of drug-likeness (QED) is 0.745. The summed E-state index contributed by atoms with van der Waals surface area (Å²) in [6.45, 7) is 12.1. The van der Waals surface area contributed by atoms with E-state index in [1.165, 1.54) is 0 Å². The van der Waals surface area contributed by atoms with Gasteiger partial charge in [0.2, 0.25) is 5.91 Å². The Hall–Kier alpha value is -1.06. The van der Waals surface area contributed by atoms with E-state index in [4.69, 9.17) is 4.74 Å². The highest BCUT2D eigenvalue weighted by Gasteiger charge is 2.31. The summed E-state index contributed by atoms with van der Waals surface area (Å²) in [5, 5.41) is 0. The molecule has 1 rings (SSSR count). The van der Waals surface area contributed by atoms with Gasteiger partial charge >= 0.3 is 5.97 Å². The summed E-state index contributed by atoms with van der Waals surface area (Å²) in [4.78, 5) is 26.0. The number of carbonyl (C=O) groups is 2. The van der Waals surface area contributed by atoms with Crippen molar-refractivity contribution in [2.75, 3.05) is 19.7 Å². The van der Waals surface area contributed by atoms with Crippen molar-refractivity contribution in [2.24, 2.45) is 17.3 Å². The van der Waals surface area contributed by atoms with E-state index in [-0.39, 0.29) is 23.2 Å². The lowest BCUT2D eigenvalue weighted by Crippen LogP contribution is -2.43. The van der Waals surface area contributed by atoms with Crippen LogP contribution in [0.1, 0.15) is 53.9 Å². The Labute approximate surface area is 122 Å². The Morgan fingerprint density at radius 3 is 2.55 bits per heavy atom. The molecule has 4 heteroatoms. The van der Waals surface area contributed by atoms with Crippen molar-refractivity contribution in [1.29, 1.82) is 0 Å². The number of ether oxygens (including phenoxy) is 1. The molecule has 1 amide bonds. The van der Waals surface area contributed by atoms with E-state index in [9.17, 15) is 9.59 Å². The van der Waals surface area contributed by atoms with Gasteiger partial charge in [0.15, 0.2) is 0 Å². The number of rotatable bonds is 4. The van der Waals surface area contributed by atoms with Crippen LogP contribution in [0.3, 0.4) is 0 Å². The number of piperidine rings is 1. The van der Waals surface area contributed by atoms with Crippen LogP contribution >= 0.6 is 0 Å². The molecular formula is C16H29NO3. The maximum Gasteiger partial charge on any atom is 0.310 e. The molecule has 0 aromatic carbocycles. The fraction of sp³-hybridized carbons (Fsp3) is 0.875. The van der Waals surface area contributed by atoms with Gasteiger partial charge in [0.1, 0.15) is 0 Å². The number of esters is 1. The number of likely N-dealkylation sites (tertiary alicyclic amines) is 1. The number of amides is 1. The van der Waals surface area contributed by atoms with Crippen LogP contribution in [-0.4, -0.2) is 36.5 Å². The number of hydrogen-bond acceptors (Lipinski definition) is 3. The maximum absolute atomic E-state index is 12.4. The minimum Gasteiger partial charge on any atom is -0.466 e. The second-order valence-electron chi connectivity index (χ2n) is 6.90. The van der Waals surface area contributed by atoms with Crippen molar-refractivity contribution in [3.63, 3.8) is 0 Å². The second-order valence-corrected chi connectivity index (χ2v) is 6.90. The first kappa shape index (κ1) is 17.0. The predicted octanol–water partition coefficient (Wildman–Crippen LogP) is 2.86. The van der Waals surface area contributed by atoms with Gasteiger partial charge in [-0.1, -0.05) is 27.7 Å². The Bertz CT molecular complexity index is 346. The van der Waals surface area contributed by atoms with E-state index in [0.717, 1.165) is 19.4 Å². The molecule has 0 aromatic rings. The van der Waals surface area contributed by atoms with Gasteiger partial charge in [0, 0.05) is 19.5 Å². The molecule has 1 fully saturated rings. The average molecular weight is 283 g/mol. The van der Waals surface area contributed by atoms with Gasteiger partial charge in [-0.05, 0) is 31.1 Å². The van der Waals surface area contributed by atoms with Crippen molar-refractivity contribution in [1.82, 2.24) is 4.90 Å². The lowest BCUT2D eigenvalue weighted by molar-refractivity contribution is -0.151. The predicted molar refractivity (Wildman–Crippen MR) is 79.2 cm³/mol. The van der Waals surface area contributed by atoms with Crippen molar-refractivity contribution in [3.8, 4) is 0 Å². The summed E-state index contributed by atoms with van der Waals surface area (Å²) in [7, 11) is 0. The molecule has 1 unspecified atom stereocenters. The van der Waals surface area contributed by atoms with Crippen LogP contribution in [0.5, 0.6) is 0 Å². The van der Waals surface area contributed by atoms with E-state index < -0.39 is 0 Å². The molecule has 0 aromatic heterocycles. The Kier molecular flexibility index (Phi) is 6.03. The fourth-order valence-electron chi connectivity index (χ4n) is 2.35. The minimum atomic E-state index is -0.158. The average Bonchev–Trinajstić information content (AvgIpc) is 2.38. The molecule has 0 bridgehead atoms. The second kappa shape index (κ2) is 7.09. The minimum absolute atomic E-state index is 0.131. The highest BCUT2D eigenvalue weighted by atomic mass is 16.5. The third-order valence-corrected chi connectivity index (χ3v) is 4.35. The molecular weight excluding hydrogens is 254 g/mol. The van der Waals surface area contributed by atoms with E-state index in [1.807, 2.05) is 11.8 Å². The highest BCUT2D eigenvalue weighted by molar-refractivity contribution is 5.78. The summed E-state index contributed by atoms with van der Waals surface area (Å²) in [5.41, 5.74) is 0.131. The van der Waals surface area contributed by atoms with Crippen LogP contribution in [0.15, 0.2) is 0 Å². The van der Waals surface area contributed by atoms with Gasteiger partial charge in [-0.25, -0.2) is 0 Å². The van der Waals surface area contributed by atoms with Gasteiger partial charge in [-0.2, -0.15) is 0 Å². The number of nitrogens with zero attached hydrogens (tertiary/aromatic N) is 1. The van der Waals surface area contributed by atoms with E-state index in [1.54, 1.807) is 0 Å². The first-order chi connectivity index (χ1) is 9.25. The summed E-state index contributed by atoms with van der Waals surface area (Å²) in [6, 6.07) is 0. The third kappa shape index (κ3) is 4.80. The smallest absolute Gasteiger partial charge is 0.310 e. The number of hydrogen-bond donors (Lipinski definition) is 0. The third-order valence-electron chi connectivity index (χ3n) is 4.35. The van der Waals surface area contributed by atoms with Gasteiger partial charge in [0.05, 0.1) is 12.5 Å². The maximum atomic E-state index is 12.4. The van der Waals surface area contributed by atoms with E-state index >= 15 is 0 Å². The molecule has 1 saturated heterocycles. The van der Waals surface area contributed by atoms with Gasteiger partial charge < -0.3 is 9.64 Å². The van der Waals surface area contributed by atoms with Crippen molar-refractivity contribution in [3.05, 3.63) is 0 Å². The van der Waals surface area contributed by atoms with Crippen molar-refractivity contribution < 1.29 is 14.3 Å². The van der Waals surface area contributed by atoms with Gasteiger partial charge in [-0.3, -0.25) is 9.59 Å². The molecule has 0 N–H and O–H groups in total. The van der Waals surface area contributed by atoms with Gasteiger partial charge in [0.25, 0.3) is 0 Å². The Balaban J connectivity index is 2.54. The lowest BCUT2D eigenvalue weighted by atomic mass is 9.80. The summed E-state index contributed by atoms with van der Waals surface area (Å²) >= 11 is 0. The molecule has 0 aliphatic carbocycles. The first-order valence-corrected chi connectivity index (χ1v) is 7.70. The highest BCUT2D eigenvalue weighted by Crippen LogP contribution is 2.29. The molecule has 0 spiro atoms. The number of carbonyl (C=O) groups excluding carboxylic acids is 2. The summed E-state index contributed by atoms with van der Waals surface area (Å²) < 4.78 is 5.07. The normalized spacial score (nSPS) is 21.4. The molecule has 0 radical (unpaired) electrons. The monoisotopic (exact) mass is 283 g/mol. The summed E-state index contributed by atoms with van der Waals surface area (Å²) in [5.74, 6) is 0.200. The van der Waals surface area contributed by atoms with Crippen LogP contribution in [0.2, 0.25) is 0 Å². The Morgan fingerprint density at radius 2 is 2.00 bits per heavy atom. The zero-order chi connectivity index (χ0) is 15.3. The lowest BCUT2D eigenvalue weighted by Gasteiger charge is -2.34. The van der Waals surface area contributed by atoms with E-state index in [0.29, 0.717) is 25.5 Å². The zero-order valence-electron chi connectivity index (χ0n) is 13.6. The fourth-order valence-corrected chi connectivity index (χ4v) is 2.35. The molecule has 4 nitrogen and oxygen atoms in total. The molecule has 1 aliphatic rings. The van der Waals surface area contributed by atoms with Crippen LogP contribution in [-0.2, 0) is 14.3 Å². The van der Waals surface area contributed by atoms with Crippen LogP contribution in [0.25, 0.3) is 0 Å². The SMILES string of the molecule is CCOC(=O)[C@H]1CCCN(C(=O)CC(C)C(C)(C)C)C1. The standard InChI is InChI=1S/C16H29NO3/c1-6-20-15(19)13-8-7-9-17(11-13)14(18)10-12(2)16(3,4)5/h12-13H,6-11H2,1-5H3/t12?,13-/m0/s1.